The molecule has 1 N–H and O–H groups in total. The second-order valence-electron chi connectivity index (χ2n) is 14.2. The van der Waals surface area contributed by atoms with E-state index in [0.29, 0.717) is 37.6 Å². The molecule has 0 saturated carbocycles. The lowest BCUT2D eigenvalue weighted by Gasteiger charge is -2.23. The number of aromatic nitrogens is 2. The van der Waals surface area contributed by atoms with Crippen LogP contribution in [0.3, 0.4) is 0 Å². The van der Waals surface area contributed by atoms with Gasteiger partial charge in [0.15, 0.2) is 5.69 Å². The number of nitrogens with zero attached hydrogens (tertiary/aromatic N) is 5. The van der Waals surface area contributed by atoms with E-state index >= 15 is 0 Å². The maximum absolute atomic E-state index is 13.9. The highest BCUT2D eigenvalue weighted by molar-refractivity contribution is 7.89. The molecule has 0 amide bonds. The van der Waals surface area contributed by atoms with Gasteiger partial charge in [-0.05, 0) is 69.0 Å². The minimum Gasteiger partial charge on any atom is -0.293 e. The lowest BCUT2D eigenvalue weighted by atomic mass is 10.2. The molecule has 1 aromatic heterocycles. The highest BCUT2D eigenvalue weighted by Crippen LogP contribution is 2.33. The van der Waals surface area contributed by atoms with Gasteiger partial charge in [-0.1, -0.05) is 128 Å². The first kappa shape index (κ1) is 46.8. The van der Waals surface area contributed by atoms with E-state index in [-0.39, 0.29) is 31.2 Å². The number of hydrogen-bond donors (Lipinski definition) is 1. The Morgan fingerprint density at radius 3 is 1.53 bits per heavy atom. The number of H-pyrrole nitrogens is 1. The molecule has 15 heteroatoms. The van der Waals surface area contributed by atoms with E-state index < -0.39 is 25.6 Å². The first-order valence-electron chi connectivity index (χ1n) is 20.2. The summed E-state index contributed by atoms with van der Waals surface area (Å²) in [5, 5.41) is 11.3. The number of azo groups is 1. The molecule has 0 spiro atoms. The summed E-state index contributed by atoms with van der Waals surface area (Å²) in [6.07, 6.45) is 15.4. The zero-order valence-electron chi connectivity index (χ0n) is 33.5. The monoisotopic (exact) mass is 840 g/mol. The van der Waals surface area contributed by atoms with E-state index in [9.17, 15) is 21.6 Å². The average molecular weight is 842 g/mol. The molecule has 0 bridgehead atoms. The van der Waals surface area contributed by atoms with Crippen LogP contribution in [0.15, 0.2) is 61.2 Å². The molecule has 0 aliphatic heterocycles. The van der Waals surface area contributed by atoms with Crippen LogP contribution in [0.1, 0.15) is 136 Å². The Balaban J connectivity index is 1.84. The number of halogens is 2. The summed E-state index contributed by atoms with van der Waals surface area (Å²) in [6, 6.07) is 8.85. The summed E-state index contributed by atoms with van der Waals surface area (Å²) in [7, 11) is -7.66. The van der Waals surface area contributed by atoms with Gasteiger partial charge in [0.05, 0.1) is 32.0 Å². The Bertz CT molecular complexity index is 1910. The predicted octanol–water partition coefficient (Wildman–Crippen LogP) is 11.5. The van der Waals surface area contributed by atoms with Crippen LogP contribution in [-0.4, -0.2) is 61.4 Å². The molecule has 55 heavy (non-hydrogen) atoms. The fourth-order valence-electron chi connectivity index (χ4n) is 6.36. The number of aryl methyl sites for hydroxylation is 1. The summed E-state index contributed by atoms with van der Waals surface area (Å²) in [5.41, 5.74) is 0.373. The maximum atomic E-state index is 13.9. The van der Waals surface area contributed by atoms with Crippen molar-refractivity contribution in [2.24, 2.45) is 10.2 Å². The van der Waals surface area contributed by atoms with Crippen molar-refractivity contribution in [1.29, 1.82) is 0 Å². The van der Waals surface area contributed by atoms with Crippen molar-refractivity contribution in [2.75, 3.05) is 26.2 Å². The second-order valence-corrected chi connectivity index (χ2v) is 18.9. The molecule has 308 valence electrons. The van der Waals surface area contributed by atoms with Crippen LogP contribution in [0.5, 0.6) is 0 Å². The summed E-state index contributed by atoms with van der Waals surface area (Å²) < 4.78 is 59.3. The SMILES string of the molecule is CCCCCCN(CCCCCC)S(=O)(=O)c1ccc(N=Nc2c(C)[nH]n(-c3cc(Cl)c(S(=O)(=O)N(CCCCCC)CCCCCC)cc3Cl)c2=O)cc1. The number of benzene rings is 2. The molecule has 0 fully saturated rings. The molecule has 0 radical (unpaired) electrons. The lowest BCUT2D eigenvalue weighted by Crippen LogP contribution is -2.33. The number of aromatic amines is 1. The van der Waals surface area contributed by atoms with E-state index in [2.05, 4.69) is 43.0 Å². The third-order valence-corrected chi connectivity index (χ3v) is 14.3. The summed E-state index contributed by atoms with van der Waals surface area (Å²) in [4.78, 5) is 13.7. The van der Waals surface area contributed by atoms with Crippen molar-refractivity contribution in [2.45, 2.75) is 147 Å². The van der Waals surface area contributed by atoms with Gasteiger partial charge in [0.1, 0.15) is 4.90 Å². The minimum atomic E-state index is -3.97. The molecule has 2 aromatic carbocycles. The van der Waals surface area contributed by atoms with E-state index in [0.717, 1.165) is 107 Å². The van der Waals surface area contributed by atoms with Crippen molar-refractivity contribution in [3.05, 3.63) is 62.5 Å². The zero-order chi connectivity index (χ0) is 40.4. The van der Waals surface area contributed by atoms with Gasteiger partial charge >= 0.3 is 0 Å². The number of rotatable bonds is 27. The Kier molecular flexibility index (Phi) is 20.1. The van der Waals surface area contributed by atoms with Crippen LogP contribution in [-0.2, 0) is 20.0 Å². The molecular formula is C40H62Cl2N6O5S2. The van der Waals surface area contributed by atoms with Crippen molar-refractivity contribution < 1.29 is 16.8 Å². The summed E-state index contributed by atoms with van der Waals surface area (Å²) >= 11 is 13.3. The average Bonchev–Trinajstić information content (AvgIpc) is 3.44. The summed E-state index contributed by atoms with van der Waals surface area (Å²) in [6.45, 7) is 11.9. The van der Waals surface area contributed by atoms with Crippen LogP contribution in [0.2, 0.25) is 10.0 Å². The van der Waals surface area contributed by atoms with Gasteiger partial charge in [-0.2, -0.15) is 13.7 Å². The quantitative estimate of drug-likeness (QED) is 0.0602. The van der Waals surface area contributed by atoms with Crippen LogP contribution in [0.4, 0.5) is 11.4 Å². The van der Waals surface area contributed by atoms with E-state index in [4.69, 9.17) is 23.2 Å². The van der Waals surface area contributed by atoms with E-state index in [1.807, 2.05) is 0 Å². The Labute approximate surface area is 340 Å². The van der Waals surface area contributed by atoms with Gasteiger partial charge in [-0.3, -0.25) is 9.89 Å². The van der Waals surface area contributed by atoms with Crippen molar-refractivity contribution in [3.63, 3.8) is 0 Å². The van der Waals surface area contributed by atoms with E-state index in [1.54, 1.807) is 23.4 Å². The van der Waals surface area contributed by atoms with Crippen molar-refractivity contribution >= 4 is 54.6 Å². The molecule has 0 aliphatic rings. The molecule has 0 unspecified atom stereocenters. The first-order chi connectivity index (χ1) is 26.3. The normalized spacial score (nSPS) is 12.5. The van der Waals surface area contributed by atoms with Crippen molar-refractivity contribution in [3.8, 4) is 5.69 Å². The molecule has 11 nitrogen and oxygen atoms in total. The molecule has 1 heterocycles. The van der Waals surface area contributed by atoms with Gasteiger partial charge in [-0.15, -0.1) is 5.11 Å². The smallest absolute Gasteiger partial charge is 0.293 e. The van der Waals surface area contributed by atoms with Gasteiger partial charge in [0.25, 0.3) is 5.56 Å². The molecular weight excluding hydrogens is 780 g/mol. The molecule has 3 aromatic rings. The third-order valence-electron chi connectivity index (χ3n) is 9.68. The van der Waals surface area contributed by atoms with Gasteiger partial charge in [0.2, 0.25) is 20.0 Å². The van der Waals surface area contributed by atoms with Crippen LogP contribution >= 0.6 is 23.2 Å². The number of hydrogen-bond acceptors (Lipinski definition) is 7. The second kappa shape index (κ2) is 23.6. The fraction of sp³-hybridized carbons (Fsp3) is 0.625. The predicted molar refractivity (Wildman–Crippen MR) is 226 cm³/mol. The Hall–Kier alpha value is -2.55. The molecule has 3 rings (SSSR count). The maximum Gasteiger partial charge on any atom is 0.299 e. The molecule has 0 atom stereocenters. The lowest BCUT2D eigenvalue weighted by molar-refractivity contribution is 0.385. The number of sulfonamides is 2. The zero-order valence-corrected chi connectivity index (χ0v) is 36.6. The van der Waals surface area contributed by atoms with Crippen LogP contribution < -0.4 is 5.56 Å². The summed E-state index contributed by atoms with van der Waals surface area (Å²) in [5.74, 6) is 0. The van der Waals surface area contributed by atoms with Gasteiger partial charge in [-0.25, -0.2) is 21.5 Å². The highest BCUT2D eigenvalue weighted by atomic mass is 35.5. The first-order valence-corrected chi connectivity index (χ1v) is 23.8. The minimum absolute atomic E-state index is 0.0104. The molecule has 0 saturated heterocycles. The Morgan fingerprint density at radius 2 is 1.07 bits per heavy atom. The van der Waals surface area contributed by atoms with Crippen molar-refractivity contribution in [1.82, 2.24) is 18.4 Å². The molecule has 0 aliphatic carbocycles. The van der Waals surface area contributed by atoms with Crippen LogP contribution in [0.25, 0.3) is 5.69 Å². The Morgan fingerprint density at radius 1 is 0.618 bits per heavy atom. The number of nitrogens with one attached hydrogen (secondary N) is 1. The largest absolute Gasteiger partial charge is 0.299 e. The third kappa shape index (κ3) is 13.5. The number of unbranched alkanes of at least 4 members (excludes halogenated alkanes) is 12. The highest BCUT2D eigenvalue weighted by Gasteiger charge is 2.29. The van der Waals surface area contributed by atoms with Crippen LogP contribution in [0, 0.1) is 6.92 Å². The standard InChI is InChI=1S/C40H62Cl2N6O5S2/c1-6-10-14-18-26-46(27-19-15-11-7-2)54(50,51)34-24-22-33(23-25-34)43-44-39-32(5)45-48(40(39)49)37-30-36(42)38(31-35(37)41)55(52,53)47(28-20-16-12-8-3)29-21-17-13-9-4/h22-25,30-31,45H,6-21,26-29H2,1-5H3. The topological polar surface area (TPSA) is 137 Å². The van der Waals surface area contributed by atoms with E-state index in [1.165, 1.54) is 28.6 Å². The van der Waals surface area contributed by atoms with Gasteiger partial charge in [0, 0.05) is 26.2 Å². The fourth-order valence-corrected chi connectivity index (χ4v) is 10.2. The van der Waals surface area contributed by atoms with Gasteiger partial charge < -0.3 is 0 Å².